The van der Waals surface area contributed by atoms with Crippen LogP contribution in [0.25, 0.3) is 0 Å². The highest BCUT2D eigenvalue weighted by Crippen LogP contribution is 2.24. The fraction of sp³-hybridized carbons (Fsp3) is 0.636. The average molecular weight is 273 g/mol. The SMILES string of the molecule is CN(CCNCc1ccc(S(N)(=O)=O)o1)C1CC1. The van der Waals surface area contributed by atoms with Crippen LogP contribution < -0.4 is 10.5 Å². The lowest BCUT2D eigenvalue weighted by Crippen LogP contribution is -2.30. The molecule has 0 aromatic carbocycles. The molecule has 18 heavy (non-hydrogen) atoms. The fourth-order valence-corrected chi connectivity index (χ4v) is 2.25. The molecule has 0 aliphatic heterocycles. The van der Waals surface area contributed by atoms with Gasteiger partial charge in [-0.3, -0.25) is 0 Å². The molecule has 6 nitrogen and oxygen atoms in total. The Hall–Kier alpha value is -0.890. The summed E-state index contributed by atoms with van der Waals surface area (Å²) in [5.74, 6) is 0.577. The third kappa shape index (κ3) is 3.81. The highest BCUT2D eigenvalue weighted by Gasteiger charge is 2.25. The highest BCUT2D eigenvalue weighted by atomic mass is 32.2. The molecule has 1 aromatic rings. The lowest BCUT2D eigenvalue weighted by molar-refractivity contribution is 0.317. The predicted octanol–water partition coefficient (Wildman–Crippen LogP) is 0.111. The largest absolute Gasteiger partial charge is 0.447 e. The van der Waals surface area contributed by atoms with Crippen LogP contribution in [0.2, 0.25) is 0 Å². The number of hydrogen-bond donors (Lipinski definition) is 2. The summed E-state index contributed by atoms with van der Waals surface area (Å²) in [6.07, 6.45) is 2.60. The van der Waals surface area contributed by atoms with E-state index < -0.39 is 10.0 Å². The minimum absolute atomic E-state index is 0.186. The van der Waals surface area contributed by atoms with Gasteiger partial charge in [0, 0.05) is 19.1 Å². The van der Waals surface area contributed by atoms with Crippen molar-refractivity contribution >= 4 is 10.0 Å². The zero-order chi connectivity index (χ0) is 13.2. The number of rotatable bonds is 7. The van der Waals surface area contributed by atoms with Crippen molar-refractivity contribution in [3.05, 3.63) is 17.9 Å². The van der Waals surface area contributed by atoms with E-state index in [1.54, 1.807) is 6.07 Å². The molecule has 1 saturated carbocycles. The van der Waals surface area contributed by atoms with Gasteiger partial charge in [-0.15, -0.1) is 0 Å². The Morgan fingerprint density at radius 3 is 2.78 bits per heavy atom. The second kappa shape index (κ2) is 5.40. The summed E-state index contributed by atoms with van der Waals surface area (Å²) in [6, 6.07) is 3.75. The molecule has 2 rings (SSSR count). The lowest BCUT2D eigenvalue weighted by Gasteiger charge is -2.15. The van der Waals surface area contributed by atoms with Crippen LogP contribution in [0, 0.1) is 0 Å². The van der Waals surface area contributed by atoms with Gasteiger partial charge >= 0.3 is 0 Å². The van der Waals surface area contributed by atoms with Crippen LogP contribution in [-0.4, -0.2) is 39.5 Å². The Labute approximate surface area is 107 Å². The summed E-state index contributed by atoms with van der Waals surface area (Å²) in [7, 11) is -1.62. The third-order valence-corrected chi connectivity index (χ3v) is 3.81. The summed E-state index contributed by atoms with van der Waals surface area (Å²) in [5, 5.41) is 7.98. The quantitative estimate of drug-likeness (QED) is 0.688. The monoisotopic (exact) mass is 273 g/mol. The van der Waals surface area contributed by atoms with Crippen molar-refractivity contribution < 1.29 is 12.8 Å². The number of nitrogens with two attached hydrogens (primary N) is 1. The molecule has 1 aliphatic rings. The summed E-state index contributed by atoms with van der Waals surface area (Å²) in [6.45, 7) is 2.33. The number of hydrogen-bond acceptors (Lipinski definition) is 5. The molecule has 102 valence electrons. The van der Waals surface area contributed by atoms with Gasteiger partial charge in [-0.2, -0.15) is 0 Å². The van der Waals surface area contributed by atoms with Gasteiger partial charge in [0.15, 0.2) is 0 Å². The molecule has 1 heterocycles. The van der Waals surface area contributed by atoms with Crippen molar-refractivity contribution in [1.29, 1.82) is 0 Å². The topological polar surface area (TPSA) is 88.6 Å². The number of nitrogens with zero attached hydrogens (tertiary/aromatic N) is 1. The van der Waals surface area contributed by atoms with Crippen LogP contribution in [0.5, 0.6) is 0 Å². The highest BCUT2D eigenvalue weighted by molar-refractivity contribution is 7.89. The number of nitrogens with one attached hydrogen (secondary N) is 1. The number of furan rings is 1. The molecule has 1 aromatic heterocycles. The van der Waals surface area contributed by atoms with Crippen LogP contribution in [0.3, 0.4) is 0 Å². The first-order chi connectivity index (χ1) is 8.47. The molecule has 1 fully saturated rings. The maximum Gasteiger partial charge on any atom is 0.271 e. The van der Waals surface area contributed by atoms with Gasteiger partial charge in [-0.05, 0) is 32.0 Å². The molecule has 0 amide bonds. The third-order valence-electron chi connectivity index (χ3n) is 3.03. The minimum Gasteiger partial charge on any atom is -0.447 e. The first kappa shape index (κ1) is 13.5. The zero-order valence-corrected chi connectivity index (χ0v) is 11.2. The second-order valence-corrected chi connectivity index (χ2v) is 6.15. The Kier molecular flexibility index (Phi) is 4.06. The van der Waals surface area contributed by atoms with Gasteiger partial charge in [0.2, 0.25) is 5.09 Å². The molecule has 0 radical (unpaired) electrons. The first-order valence-electron chi connectivity index (χ1n) is 5.99. The van der Waals surface area contributed by atoms with Gasteiger partial charge in [0.1, 0.15) is 5.76 Å². The van der Waals surface area contributed by atoms with E-state index in [2.05, 4.69) is 17.3 Å². The van der Waals surface area contributed by atoms with Crippen LogP contribution in [0.15, 0.2) is 21.6 Å². The van der Waals surface area contributed by atoms with Crippen molar-refractivity contribution in [2.75, 3.05) is 20.1 Å². The lowest BCUT2D eigenvalue weighted by atomic mass is 10.4. The number of primary sulfonamides is 1. The van der Waals surface area contributed by atoms with Crippen molar-refractivity contribution in [1.82, 2.24) is 10.2 Å². The number of sulfonamides is 1. The van der Waals surface area contributed by atoms with Crippen LogP contribution in [-0.2, 0) is 16.6 Å². The molecular formula is C11H19N3O3S. The first-order valence-corrected chi connectivity index (χ1v) is 7.54. The maximum atomic E-state index is 11.0. The molecule has 0 bridgehead atoms. The van der Waals surface area contributed by atoms with E-state index in [1.807, 2.05) is 0 Å². The van der Waals surface area contributed by atoms with Gasteiger partial charge in [-0.1, -0.05) is 0 Å². The Balaban J connectivity index is 1.71. The normalized spacial score (nSPS) is 16.4. The number of likely N-dealkylation sites (N-methyl/N-ethyl adjacent to an activating group) is 1. The standard InChI is InChI=1S/C11H19N3O3S/c1-14(9-2-3-9)7-6-13-8-10-4-5-11(17-10)18(12,15)16/h4-5,9,13H,2-3,6-8H2,1H3,(H2,12,15,16). The molecular weight excluding hydrogens is 254 g/mol. The van der Waals surface area contributed by atoms with E-state index in [0.29, 0.717) is 12.3 Å². The van der Waals surface area contributed by atoms with Gasteiger partial charge in [0.05, 0.1) is 6.54 Å². The predicted molar refractivity (Wildman–Crippen MR) is 67.4 cm³/mol. The van der Waals surface area contributed by atoms with E-state index in [9.17, 15) is 8.42 Å². The summed E-state index contributed by atoms with van der Waals surface area (Å²) < 4.78 is 27.1. The van der Waals surface area contributed by atoms with Crippen molar-refractivity contribution in [2.24, 2.45) is 5.14 Å². The second-order valence-electron chi connectivity index (χ2n) is 4.65. The molecule has 0 atom stereocenters. The van der Waals surface area contributed by atoms with Crippen molar-refractivity contribution in [3.8, 4) is 0 Å². The molecule has 0 saturated heterocycles. The summed E-state index contributed by atoms with van der Waals surface area (Å²) in [5.41, 5.74) is 0. The van der Waals surface area contributed by atoms with E-state index >= 15 is 0 Å². The molecule has 1 aliphatic carbocycles. The zero-order valence-electron chi connectivity index (χ0n) is 10.4. The van der Waals surface area contributed by atoms with Crippen LogP contribution >= 0.6 is 0 Å². The summed E-state index contributed by atoms with van der Waals surface area (Å²) in [4.78, 5) is 2.32. The minimum atomic E-state index is -3.73. The summed E-state index contributed by atoms with van der Waals surface area (Å²) >= 11 is 0. The van der Waals surface area contributed by atoms with Gasteiger partial charge < -0.3 is 14.6 Å². The Morgan fingerprint density at radius 1 is 1.50 bits per heavy atom. The van der Waals surface area contributed by atoms with Gasteiger partial charge in [0.25, 0.3) is 10.0 Å². The van der Waals surface area contributed by atoms with E-state index in [1.165, 1.54) is 18.9 Å². The Bertz CT molecular complexity index is 493. The Morgan fingerprint density at radius 2 is 2.22 bits per heavy atom. The van der Waals surface area contributed by atoms with Crippen LogP contribution in [0.1, 0.15) is 18.6 Å². The van der Waals surface area contributed by atoms with E-state index in [-0.39, 0.29) is 5.09 Å². The van der Waals surface area contributed by atoms with Crippen LogP contribution in [0.4, 0.5) is 0 Å². The van der Waals surface area contributed by atoms with E-state index in [4.69, 9.17) is 9.56 Å². The molecule has 3 N–H and O–H groups in total. The van der Waals surface area contributed by atoms with Crippen molar-refractivity contribution in [2.45, 2.75) is 30.5 Å². The van der Waals surface area contributed by atoms with Gasteiger partial charge in [-0.25, -0.2) is 13.6 Å². The molecule has 7 heteroatoms. The van der Waals surface area contributed by atoms with E-state index in [0.717, 1.165) is 19.1 Å². The van der Waals surface area contributed by atoms with Crippen molar-refractivity contribution in [3.63, 3.8) is 0 Å². The molecule has 0 unspecified atom stereocenters. The fourth-order valence-electron chi connectivity index (χ4n) is 1.77. The molecule has 0 spiro atoms. The average Bonchev–Trinajstić information content (AvgIpc) is 3.02. The smallest absolute Gasteiger partial charge is 0.271 e. The maximum absolute atomic E-state index is 11.0.